The average molecular weight is 620 g/mol. The van der Waals surface area contributed by atoms with E-state index < -0.39 is 0 Å². The van der Waals surface area contributed by atoms with Crippen molar-refractivity contribution in [1.82, 2.24) is 4.57 Å². The van der Waals surface area contributed by atoms with Crippen LogP contribution in [0.5, 0.6) is 0 Å². The van der Waals surface area contributed by atoms with E-state index in [9.17, 15) is 0 Å². The highest BCUT2D eigenvalue weighted by Crippen LogP contribution is 2.52. The lowest BCUT2D eigenvalue weighted by Gasteiger charge is -2.20. The van der Waals surface area contributed by atoms with Gasteiger partial charge >= 0.3 is 0 Å². The fourth-order valence-electron chi connectivity index (χ4n) is 8.82. The Hall–Kier alpha value is -6.44. The molecular weight excluding hydrogens is 591 g/mol. The van der Waals surface area contributed by atoms with Crippen LogP contribution in [0.2, 0.25) is 0 Å². The lowest BCUT2D eigenvalue weighted by molar-refractivity contribution is 1.18. The SMILES string of the molecule is c1ccc(-c2c3ccccc3c(-c3ccc4c5c(cccc35)-c3cccc5c3c3c-4cccc3n5-c3ccccc3)c3ccccc23)cc1. The molecule has 1 aromatic heterocycles. The van der Waals surface area contributed by atoms with Gasteiger partial charge in [-0.25, -0.2) is 0 Å². The normalized spacial score (nSPS) is 12.1. The molecule has 0 aliphatic heterocycles. The molecule has 226 valence electrons. The number of nitrogens with zero attached hydrogens (tertiary/aromatic N) is 1. The summed E-state index contributed by atoms with van der Waals surface area (Å²) in [5.74, 6) is 0. The molecule has 49 heavy (non-hydrogen) atoms. The first-order valence-electron chi connectivity index (χ1n) is 17.0. The minimum Gasteiger partial charge on any atom is -0.309 e. The Balaban J connectivity index is 1.28. The molecule has 1 heterocycles. The summed E-state index contributed by atoms with van der Waals surface area (Å²) >= 11 is 0. The summed E-state index contributed by atoms with van der Waals surface area (Å²) in [5.41, 5.74) is 13.9. The van der Waals surface area contributed by atoms with Crippen LogP contribution in [-0.2, 0) is 0 Å². The Bertz CT molecular complexity index is 2840. The first-order chi connectivity index (χ1) is 24.4. The second-order valence-corrected chi connectivity index (χ2v) is 13.2. The van der Waals surface area contributed by atoms with Crippen molar-refractivity contribution in [3.63, 3.8) is 0 Å². The minimum atomic E-state index is 1.18. The van der Waals surface area contributed by atoms with Crippen LogP contribution in [0.15, 0.2) is 176 Å². The van der Waals surface area contributed by atoms with E-state index in [2.05, 4.69) is 180 Å². The molecule has 0 bridgehead atoms. The Morgan fingerprint density at radius 2 is 0.694 bits per heavy atom. The average Bonchev–Trinajstić information content (AvgIpc) is 3.46. The topological polar surface area (TPSA) is 4.93 Å². The summed E-state index contributed by atoms with van der Waals surface area (Å²) in [7, 11) is 0. The van der Waals surface area contributed by atoms with Gasteiger partial charge in [-0.1, -0.05) is 152 Å². The van der Waals surface area contributed by atoms with Crippen LogP contribution in [0.1, 0.15) is 0 Å². The van der Waals surface area contributed by atoms with Crippen LogP contribution in [0.25, 0.3) is 104 Å². The lowest BCUT2D eigenvalue weighted by Crippen LogP contribution is -1.95. The van der Waals surface area contributed by atoms with Gasteiger partial charge in [-0.15, -0.1) is 0 Å². The van der Waals surface area contributed by atoms with E-state index in [0.717, 1.165) is 0 Å². The largest absolute Gasteiger partial charge is 0.309 e. The number of fused-ring (bicyclic) bond motifs is 4. The zero-order valence-corrected chi connectivity index (χ0v) is 26.7. The van der Waals surface area contributed by atoms with Gasteiger partial charge < -0.3 is 4.57 Å². The van der Waals surface area contributed by atoms with Crippen LogP contribution in [0.3, 0.4) is 0 Å². The molecule has 0 spiro atoms. The van der Waals surface area contributed by atoms with Crippen molar-refractivity contribution in [2.75, 3.05) is 0 Å². The molecule has 10 aromatic rings. The molecule has 9 aromatic carbocycles. The van der Waals surface area contributed by atoms with Crippen LogP contribution in [0.4, 0.5) is 0 Å². The second-order valence-electron chi connectivity index (χ2n) is 13.2. The summed E-state index contributed by atoms with van der Waals surface area (Å²) in [6.07, 6.45) is 0. The fraction of sp³-hybridized carbons (Fsp3) is 0. The summed E-state index contributed by atoms with van der Waals surface area (Å²) in [6, 6.07) is 64.9. The van der Waals surface area contributed by atoms with Crippen molar-refractivity contribution < 1.29 is 0 Å². The van der Waals surface area contributed by atoms with E-state index in [-0.39, 0.29) is 0 Å². The molecule has 1 heteroatoms. The summed E-state index contributed by atoms with van der Waals surface area (Å²) in [5, 5.41) is 10.4. The van der Waals surface area contributed by atoms with Crippen molar-refractivity contribution in [1.29, 1.82) is 0 Å². The Labute approximate surface area is 283 Å². The molecule has 1 aliphatic rings. The molecule has 0 saturated carbocycles. The molecule has 1 aliphatic carbocycles. The number of hydrogen-bond acceptors (Lipinski definition) is 0. The minimum absolute atomic E-state index is 1.18. The molecule has 0 amide bonds. The standard InChI is InChI=1S/C48H29N/c1-3-14-30(15-4-1)44-32-18-7-9-20-34(32)45(35-21-10-8-19-33(35)44)40-28-29-41-39-25-13-27-43-48(39)47-38(36-22-11-23-37(40)46(36)41)24-12-26-42(47)49(43)31-16-5-2-6-17-31/h1-29H. The number of rotatable bonds is 3. The summed E-state index contributed by atoms with van der Waals surface area (Å²) < 4.78 is 2.43. The third-order valence-corrected chi connectivity index (χ3v) is 10.7. The molecule has 0 atom stereocenters. The van der Waals surface area contributed by atoms with Gasteiger partial charge in [0.1, 0.15) is 0 Å². The predicted molar refractivity (Wildman–Crippen MR) is 209 cm³/mol. The molecule has 0 fully saturated rings. The Morgan fingerprint density at radius 3 is 1.29 bits per heavy atom. The second kappa shape index (κ2) is 10.0. The van der Waals surface area contributed by atoms with E-state index in [1.807, 2.05) is 0 Å². The molecular formula is C48H29N. The number of aromatic nitrogens is 1. The van der Waals surface area contributed by atoms with Gasteiger partial charge in [0.2, 0.25) is 0 Å². The number of benzene rings is 9. The van der Waals surface area contributed by atoms with Crippen molar-refractivity contribution in [3.05, 3.63) is 176 Å². The monoisotopic (exact) mass is 619 g/mol. The Kier molecular flexibility index (Phi) is 5.45. The van der Waals surface area contributed by atoms with Crippen LogP contribution in [0, 0.1) is 0 Å². The smallest absolute Gasteiger partial charge is 0.0547 e. The van der Waals surface area contributed by atoms with Crippen LogP contribution < -0.4 is 0 Å². The quantitative estimate of drug-likeness (QED) is 0.173. The van der Waals surface area contributed by atoms with Crippen LogP contribution >= 0.6 is 0 Å². The first-order valence-corrected chi connectivity index (χ1v) is 17.0. The van der Waals surface area contributed by atoms with Gasteiger partial charge in [0.05, 0.1) is 11.0 Å². The zero-order chi connectivity index (χ0) is 32.1. The van der Waals surface area contributed by atoms with Gasteiger partial charge in [0.25, 0.3) is 0 Å². The fourth-order valence-corrected chi connectivity index (χ4v) is 8.82. The van der Waals surface area contributed by atoms with Gasteiger partial charge in [-0.3, -0.25) is 0 Å². The molecule has 11 rings (SSSR count). The molecule has 0 N–H and O–H groups in total. The van der Waals surface area contributed by atoms with Crippen molar-refractivity contribution in [3.8, 4) is 50.2 Å². The van der Waals surface area contributed by atoms with Crippen molar-refractivity contribution >= 4 is 54.1 Å². The highest BCUT2D eigenvalue weighted by Gasteiger charge is 2.26. The van der Waals surface area contributed by atoms with E-state index in [0.29, 0.717) is 0 Å². The maximum Gasteiger partial charge on any atom is 0.0547 e. The highest BCUT2D eigenvalue weighted by molar-refractivity contribution is 6.30. The molecule has 0 unspecified atom stereocenters. The van der Waals surface area contributed by atoms with E-state index in [4.69, 9.17) is 0 Å². The molecule has 0 saturated heterocycles. The lowest BCUT2D eigenvalue weighted by atomic mass is 9.83. The van der Waals surface area contributed by atoms with Crippen LogP contribution in [-0.4, -0.2) is 4.57 Å². The van der Waals surface area contributed by atoms with E-state index >= 15 is 0 Å². The predicted octanol–water partition coefficient (Wildman–Crippen LogP) is 13.2. The molecule has 1 nitrogen and oxygen atoms in total. The highest BCUT2D eigenvalue weighted by atomic mass is 15.0. The van der Waals surface area contributed by atoms with Gasteiger partial charge in [0.15, 0.2) is 0 Å². The summed E-state index contributed by atoms with van der Waals surface area (Å²) in [4.78, 5) is 0. The van der Waals surface area contributed by atoms with Crippen molar-refractivity contribution in [2.45, 2.75) is 0 Å². The van der Waals surface area contributed by atoms with E-state index in [1.165, 1.54) is 104 Å². The third kappa shape index (κ3) is 3.59. The van der Waals surface area contributed by atoms with Gasteiger partial charge in [-0.05, 0) is 101 Å². The molecule has 0 radical (unpaired) electrons. The Morgan fingerprint density at radius 1 is 0.265 bits per heavy atom. The van der Waals surface area contributed by atoms with Gasteiger partial charge in [0, 0.05) is 16.5 Å². The first kappa shape index (κ1) is 26.6. The maximum atomic E-state index is 2.43. The zero-order valence-electron chi connectivity index (χ0n) is 26.7. The number of hydrogen-bond donors (Lipinski definition) is 0. The van der Waals surface area contributed by atoms with Gasteiger partial charge in [-0.2, -0.15) is 0 Å². The summed E-state index contributed by atoms with van der Waals surface area (Å²) in [6.45, 7) is 0. The maximum absolute atomic E-state index is 2.43. The van der Waals surface area contributed by atoms with E-state index in [1.54, 1.807) is 0 Å². The third-order valence-electron chi connectivity index (χ3n) is 10.7. The van der Waals surface area contributed by atoms with Crippen molar-refractivity contribution in [2.24, 2.45) is 0 Å². The number of para-hydroxylation sites is 1.